The molecule has 0 saturated heterocycles. The summed E-state index contributed by atoms with van der Waals surface area (Å²) < 4.78 is 13.5. The summed E-state index contributed by atoms with van der Waals surface area (Å²) in [4.78, 5) is 20.6. The first-order valence-electron chi connectivity index (χ1n) is 8.17. The maximum absolute atomic E-state index is 13.5. The van der Waals surface area contributed by atoms with Crippen LogP contribution in [-0.4, -0.2) is 34.5 Å². The molecule has 1 aliphatic rings. The SMILES string of the molecule is CNC(=O)[C@@]1(C(C)Nc2ncnc(N)c2C#N)C=Cc2cc(F)ccc2N1. The summed E-state index contributed by atoms with van der Waals surface area (Å²) in [5.74, 6) is -0.409. The average Bonchev–Trinajstić information content (AvgIpc) is 2.67. The first-order valence-corrected chi connectivity index (χ1v) is 8.17. The number of amides is 1. The second-order valence-corrected chi connectivity index (χ2v) is 6.10. The minimum atomic E-state index is -1.20. The van der Waals surface area contributed by atoms with E-state index < -0.39 is 11.6 Å². The van der Waals surface area contributed by atoms with E-state index in [0.29, 0.717) is 11.3 Å². The smallest absolute Gasteiger partial charge is 0.251 e. The Morgan fingerprint density at radius 3 is 2.93 bits per heavy atom. The summed E-state index contributed by atoms with van der Waals surface area (Å²) in [7, 11) is 1.52. The average molecular weight is 367 g/mol. The van der Waals surface area contributed by atoms with E-state index in [1.165, 1.54) is 25.5 Å². The van der Waals surface area contributed by atoms with Crippen molar-refractivity contribution in [2.75, 3.05) is 23.4 Å². The first-order chi connectivity index (χ1) is 12.9. The van der Waals surface area contributed by atoms with Crippen LogP contribution in [0.3, 0.4) is 0 Å². The number of carbonyl (C=O) groups is 1. The van der Waals surface area contributed by atoms with Crippen LogP contribution >= 0.6 is 0 Å². The van der Waals surface area contributed by atoms with Crippen LogP contribution < -0.4 is 21.7 Å². The monoisotopic (exact) mass is 367 g/mol. The number of nitrogens with two attached hydrogens (primary N) is 1. The first kappa shape index (κ1) is 18.1. The van der Waals surface area contributed by atoms with Crippen LogP contribution in [-0.2, 0) is 4.79 Å². The molecule has 0 saturated carbocycles. The van der Waals surface area contributed by atoms with Gasteiger partial charge in [0.25, 0.3) is 5.91 Å². The third kappa shape index (κ3) is 3.13. The minimum absolute atomic E-state index is 0.0455. The zero-order valence-corrected chi connectivity index (χ0v) is 14.7. The maximum Gasteiger partial charge on any atom is 0.251 e. The van der Waals surface area contributed by atoms with Gasteiger partial charge in [0.15, 0.2) is 5.54 Å². The van der Waals surface area contributed by atoms with E-state index in [2.05, 4.69) is 25.9 Å². The van der Waals surface area contributed by atoms with Gasteiger partial charge >= 0.3 is 0 Å². The van der Waals surface area contributed by atoms with E-state index in [-0.39, 0.29) is 28.9 Å². The van der Waals surface area contributed by atoms with Gasteiger partial charge in [-0.25, -0.2) is 14.4 Å². The van der Waals surface area contributed by atoms with Crippen LogP contribution in [0.1, 0.15) is 18.1 Å². The van der Waals surface area contributed by atoms with Gasteiger partial charge in [-0.05, 0) is 31.2 Å². The number of hydrogen-bond acceptors (Lipinski definition) is 7. The lowest BCUT2D eigenvalue weighted by atomic mass is 9.85. The van der Waals surface area contributed by atoms with Crippen LogP contribution in [0.15, 0.2) is 30.6 Å². The van der Waals surface area contributed by atoms with Crippen molar-refractivity contribution >= 4 is 29.3 Å². The largest absolute Gasteiger partial charge is 0.382 e. The molecule has 8 nitrogen and oxygen atoms in total. The summed E-state index contributed by atoms with van der Waals surface area (Å²) in [5, 5.41) is 18.2. The molecule has 1 aliphatic heterocycles. The topological polar surface area (TPSA) is 129 Å². The van der Waals surface area contributed by atoms with E-state index in [4.69, 9.17) is 5.73 Å². The molecule has 0 aliphatic carbocycles. The second-order valence-electron chi connectivity index (χ2n) is 6.10. The van der Waals surface area contributed by atoms with Gasteiger partial charge in [-0.2, -0.15) is 5.26 Å². The predicted molar refractivity (Wildman–Crippen MR) is 100 cm³/mol. The number of fused-ring (bicyclic) bond motifs is 1. The van der Waals surface area contributed by atoms with E-state index >= 15 is 0 Å². The lowest BCUT2D eigenvalue weighted by molar-refractivity contribution is -0.123. The Hall–Kier alpha value is -3.67. The number of nitrogen functional groups attached to an aromatic ring is 1. The highest BCUT2D eigenvalue weighted by Gasteiger charge is 2.43. The summed E-state index contributed by atoms with van der Waals surface area (Å²) in [6.45, 7) is 1.76. The molecule has 2 atom stereocenters. The van der Waals surface area contributed by atoms with Crippen LogP contribution in [0.5, 0.6) is 0 Å². The fraction of sp³-hybridized carbons (Fsp3) is 0.222. The number of aromatic nitrogens is 2. The number of halogens is 1. The quantitative estimate of drug-likeness (QED) is 0.644. The molecule has 0 bridgehead atoms. The molecule has 9 heteroatoms. The number of rotatable bonds is 4. The van der Waals surface area contributed by atoms with Crippen molar-refractivity contribution in [3.63, 3.8) is 0 Å². The number of likely N-dealkylation sites (N-methyl/N-ethyl adjacent to an activating group) is 1. The number of nitrogens with zero attached hydrogens (tertiary/aromatic N) is 3. The Kier molecular flexibility index (Phi) is 4.64. The number of benzene rings is 1. The van der Waals surface area contributed by atoms with Crippen molar-refractivity contribution in [3.8, 4) is 6.07 Å². The van der Waals surface area contributed by atoms with Gasteiger partial charge in [0.05, 0.1) is 6.04 Å². The number of anilines is 3. The van der Waals surface area contributed by atoms with Crippen molar-refractivity contribution in [2.24, 2.45) is 0 Å². The van der Waals surface area contributed by atoms with Gasteiger partial charge in [0.1, 0.15) is 35.4 Å². The normalized spacial score (nSPS) is 18.6. The molecule has 0 radical (unpaired) electrons. The molecule has 1 unspecified atom stereocenters. The van der Waals surface area contributed by atoms with Crippen molar-refractivity contribution in [1.29, 1.82) is 5.26 Å². The molecule has 1 amide bonds. The highest BCUT2D eigenvalue weighted by molar-refractivity contribution is 5.96. The molecule has 2 heterocycles. The molecule has 1 aromatic carbocycles. The number of hydrogen-bond donors (Lipinski definition) is 4. The number of nitriles is 1. The Morgan fingerprint density at radius 1 is 1.44 bits per heavy atom. The molecule has 3 rings (SSSR count). The van der Waals surface area contributed by atoms with E-state index in [0.717, 1.165) is 0 Å². The minimum Gasteiger partial charge on any atom is -0.382 e. The van der Waals surface area contributed by atoms with Crippen molar-refractivity contribution < 1.29 is 9.18 Å². The maximum atomic E-state index is 13.5. The van der Waals surface area contributed by atoms with E-state index in [1.54, 1.807) is 25.1 Å². The Balaban J connectivity index is 2.00. The Labute approximate surface area is 155 Å². The predicted octanol–water partition coefficient (Wildman–Crippen LogP) is 1.49. The molecule has 5 N–H and O–H groups in total. The Bertz CT molecular complexity index is 969. The third-order valence-electron chi connectivity index (χ3n) is 4.51. The lowest BCUT2D eigenvalue weighted by Crippen LogP contribution is -2.60. The highest BCUT2D eigenvalue weighted by atomic mass is 19.1. The third-order valence-corrected chi connectivity index (χ3v) is 4.51. The molecule has 0 fully saturated rings. The van der Waals surface area contributed by atoms with Gasteiger partial charge < -0.3 is 21.7 Å². The van der Waals surface area contributed by atoms with Crippen LogP contribution in [0.2, 0.25) is 0 Å². The van der Waals surface area contributed by atoms with Crippen molar-refractivity contribution in [2.45, 2.75) is 18.5 Å². The van der Waals surface area contributed by atoms with Gasteiger partial charge in [0.2, 0.25) is 0 Å². The van der Waals surface area contributed by atoms with Gasteiger partial charge in [-0.1, -0.05) is 6.08 Å². The number of nitrogens with one attached hydrogen (secondary N) is 3. The molecule has 138 valence electrons. The summed E-state index contributed by atoms with van der Waals surface area (Å²) in [6, 6.07) is 5.67. The van der Waals surface area contributed by atoms with Crippen LogP contribution in [0.4, 0.5) is 21.7 Å². The van der Waals surface area contributed by atoms with E-state index in [9.17, 15) is 14.4 Å². The molecule has 0 spiro atoms. The van der Waals surface area contributed by atoms with E-state index in [1.807, 2.05) is 6.07 Å². The Morgan fingerprint density at radius 2 is 2.22 bits per heavy atom. The molecular weight excluding hydrogens is 349 g/mol. The van der Waals surface area contributed by atoms with Gasteiger partial charge in [0, 0.05) is 18.3 Å². The summed E-state index contributed by atoms with van der Waals surface area (Å²) in [6.07, 6.45) is 4.57. The van der Waals surface area contributed by atoms with Gasteiger partial charge in [-0.3, -0.25) is 4.79 Å². The lowest BCUT2D eigenvalue weighted by Gasteiger charge is -2.39. The molecule has 1 aromatic heterocycles. The van der Waals surface area contributed by atoms with Gasteiger partial charge in [-0.15, -0.1) is 0 Å². The molecule has 27 heavy (non-hydrogen) atoms. The second kappa shape index (κ2) is 6.92. The molecule has 2 aromatic rings. The van der Waals surface area contributed by atoms with Crippen molar-refractivity contribution in [1.82, 2.24) is 15.3 Å². The highest BCUT2D eigenvalue weighted by Crippen LogP contribution is 2.32. The zero-order valence-electron chi connectivity index (χ0n) is 14.7. The fourth-order valence-corrected chi connectivity index (χ4v) is 3.00. The fourth-order valence-electron chi connectivity index (χ4n) is 3.00. The van der Waals surface area contributed by atoms with Crippen LogP contribution in [0, 0.1) is 17.1 Å². The van der Waals surface area contributed by atoms with Crippen molar-refractivity contribution in [3.05, 3.63) is 47.5 Å². The van der Waals surface area contributed by atoms with Crippen LogP contribution in [0.25, 0.3) is 6.08 Å². The zero-order chi connectivity index (χ0) is 19.6. The standard InChI is InChI=1S/C18H18FN7O/c1-10(25-16-13(8-20)15(21)23-9-24-16)18(17(27)22-2)6-5-11-7-12(19)3-4-14(11)26-18/h3-7,9-10,26H,1-2H3,(H,22,27)(H3,21,23,24,25)/t10?,18-/m0/s1. The summed E-state index contributed by atoms with van der Waals surface area (Å²) >= 11 is 0. The summed E-state index contributed by atoms with van der Waals surface area (Å²) in [5.41, 5.74) is 5.86. The number of carbonyl (C=O) groups excluding carboxylic acids is 1. The molecular formula is C18H18FN7O.